The molecule has 8 aromatic carbocycles. The topological polar surface area (TPSA) is 13.1 Å². The molecule has 0 radical (unpaired) electrons. The van der Waals surface area contributed by atoms with E-state index in [0.29, 0.717) is 0 Å². The quantitative estimate of drug-likeness (QED) is 0.192. The van der Waals surface area contributed by atoms with Gasteiger partial charge >= 0.3 is 0 Å². The monoisotopic (exact) mass is 572 g/mol. The van der Waals surface area contributed by atoms with Crippen LogP contribution in [0.3, 0.4) is 0 Å². The van der Waals surface area contributed by atoms with Crippen molar-refractivity contribution in [1.29, 1.82) is 0 Å². The van der Waals surface area contributed by atoms with Crippen molar-refractivity contribution in [2.24, 2.45) is 0 Å². The summed E-state index contributed by atoms with van der Waals surface area (Å²) in [6.45, 7) is 0. The number of furan rings is 1. The van der Waals surface area contributed by atoms with Crippen LogP contribution in [-0.4, -0.2) is 0 Å². The maximum atomic E-state index is 9.52. The highest BCUT2D eigenvalue weighted by Crippen LogP contribution is 2.39. The number of rotatable bonds is 3. The Bertz CT molecular complexity index is 3860. The van der Waals surface area contributed by atoms with E-state index in [9.17, 15) is 5.48 Å². The summed E-state index contributed by atoms with van der Waals surface area (Å²) in [5.41, 5.74) is -5.54. The van der Waals surface area contributed by atoms with Crippen molar-refractivity contribution in [2.45, 2.75) is 0 Å². The molecular weight excluding hydrogens is 520 g/mol. The molecule has 0 N–H and O–H groups in total. The van der Waals surface area contributed by atoms with E-state index in [0.717, 1.165) is 0 Å². The Morgan fingerprint density at radius 2 is 0.767 bits per heavy atom. The molecule has 200 valence electrons. The third kappa shape index (κ3) is 3.79. The van der Waals surface area contributed by atoms with Crippen LogP contribution in [0.25, 0.3) is 87.6 Å². The number of fused-ring (bicyclic) bond motifs is 9. The van der Waals surface area contributed by atoms with Gasteiger partial charge in [0, 0.05) is 10.8 Å². The smallest absolute Gasteiger partial charge is 0.136 e. The van der Waals surface area contributed by atoms with Crippen molar-refractivity contribution in [2.75, 3.05) is 0 Å². The molecule has 9 rings (SSSR count). The summed E-state index contributed by atoms with van der Waals surface area (Å²) in [6, 6.07) is -22.5. The fourth-order valence-electron chi connectivity index (χ4n) is 4.95. The molecule has 0 aliphatic rings. The van der Waals surface area contributed by atoms with Crippen molar-refractivity contribution < 1.29 is 40.1 Å². The molecule has 0 bridgehead atoms. The van der Waals surface area contributed by atoms with Crippen LogP contribution in [0, 0.1) is 0 Å². The Morgan fingerprint density at radius 3 is 1.40 bits per heavy atom. The standard InChI is InChI=1S/C42H26O/c1-2-10-35-33(8-1)34-9-3-4-11-36(34)39-26-31(24-25-37(35)39)29-18-16-27(17-19-29)28-20-22-30(23-21-28)32-13-7-15-41-42(32)38-12-5-6-14-40(38)43-41/h1-26H/i1D,2D,3D,4D,5D,6D,7D,8D,9D,10D,11D,12D,13D,14D,15D,16D,17D,18D,19D,20D,21D,22D,23D,24D,25D,26D. The molecule has 0 aliphatic heterocycles. The first kappa shape index (κ1) is 9.69. The van der Waals surface area contributed by atoms with Gasteiger partial charge in [0.2, 0.25) is 0 Å². The van der Waals surface area contributed by atoms with Gasteiger partial charge in [-0.25, -0.2) is 0 Å². The van der Waals surface area contributed by atoms with E-state index in [-0.39, 0.29) is 5.39 Å². The Labute approximate surface area is 285 Å². The van der Waals surface area contributed by atoms with E-state index in [2.05, 4.69) is 0 Å². The van der Waals surface area contributed by atoms with Gasteiger partial charge in [-0.05, 0) is 83.8 Å². The van der Waals surface area contributed by atoms with E-state index in [1.54, 1.807) is 0 Å². The van der Waals surface area contributed by atoms with E-state index in [1.165, 1.54) is 0 Å². The molecule has 0 unspecified atom stereocenters. The van der Waals surface area contributed by atoms with Crippen molar-refractivity contribution in [3.63, 3.8) is 0 Å². The fourth-order valence-corrected chi connectivity index (χ4v) is 4.95. The van der Waals surface area contributed by atoms with Gasteiger partial charge in [0.25, 0.3) is 0 Å². The van der Waals surface area contributed by atoms with Gasteiger partial charge in [-0.1, -0.05) is 139 Å². The first-order valence-electron chi connectivity index (χ1n) is 25.7. The van der Waals surface area contributed by atoms with Gasteiger partial charge in [0.15, 0.2) is 0 Å². The van der Waals surface area contributed by atoms with Crippen molar-refractivity contribution >= 4 is 54.3 Å². The summed E-state index contributed by atoms with van der Waals surface area (Å²) in [6.07, 6.45) is 0. The maximum Gasteiger partial charge on any atom is 0.136 e. The second-order valence-electron chi connectivity index (χ2n) is 9.26. The van der Waals surface area contributed by atoms with E-state index >= 15 is 0 Å². The number of hydrogen-bond donors (Lipinski definition) is 0. The number of benzene rings is 8. The Hall–Kier alpha value is -5.66. The highest BCUT2D eigenvalue weighted by molar-refractivity contribution is 6.25. The molecule has 0 aliphatic carbocycles. The van der Waals surface area contributed by atoms with Gasteiger partial charge in [-0.2, -0.15) is 0 Å². The molecule has 0 saturated carbocycles. The van der Waals surface area contributed by atoms with Gasteiger partial charge in [-0.15, -0.1) is 0 Å². The highest BCUT2D eigenvalue weighted by Gasteiger charge is 2.13. The van der Waals surface area contributed by atoms with Crippen molar-refractivity contribution in [1.82, 2.24) is 0 Å². The van der Waals surface area contributed by atoms with Crippen LogP contribution in [-0.2, 0) is 0 Å². The lowest BCUT2D eigenvalue weighted by atomic mass is 9.91. The zero-order valence-corrected chi connectivity index (χ0v) is 21.4. The Kier molecular flexibility index (Phi) is 2.13. The lowest BCUT2D eigenvalue weighted by Crippen LogP contribution is -1.85. The van der Waals surface area contributed by atoms with Crippen LogP contribution in [0.15, 0.2) is 162 Å². The minimum absolute atomic E-state index is 0.387. The molecule has 9 aromatic rings. The second kappa shape index (κ2) is 9.44. The fraction of sp³-hybridized carbons (Fsp3) is 0. The van der Waals surface area contributed by atoms with Crippen LogP contribution in [0.4, 0.5) is 0 Å². The Morgan fingerprint density at radius 1 is 0.326 bits per heavy atom. The van der Waals surface area contributed by atoms with Crippen molar-refractivity contribution in [3.05, 3.63) is 157 Å². The second-order valence-corrected chi connectivity index (χ2v) is 9.26. The number of para-hydroxylation sites is 1. The average Bonchev–Trinajstić information content (AvgIpc) is 3.72. The predicted octanol–water partition coefficient (Wildman–Crippen LogP) is 12.0. The molecule has 43 heavy (non-hydrogen) atoms. The third-order valence-electron chi connectivity index (χ3n) is 6.89. The molecule has 0 saturated heterocycles. The SMILES string of the molecule is [2H]c1c([2H])c(-c2c([2H])c([2H])c3c4c([2H])c([2H])c([2H])c([2H])c4c4c([2H])c([2H])c([2H])c([2H])c4c3c2[2H])c([2H])c([2H])c1-c1c([2H])c([2H])c(-c2c([2H])c([2H])c([2H])c3oc4c([2H])c([2H])c([2H])c([2H])c4c23)c([2H])c1[2H]. The van der Waals surface area contributed by atoms with Crippen LogP contribution in [0.5, 0.6) is 0 Å². The minimum atomic E-state index is -1.04. The summed E-state index contributed by atoms with van der Waals surface area (Å²) in [5, 5.41) is -3.70. The lowest BCUT2D eigenvalue weighted by molar-refractivity contribution is 0.669. The molecule has 0 spiro atoms. The summed E-state index contributed by atoms with van der Waals surface area (Å²) in [7, 11) is 0. The zero-order chi connectivity index (χ0) is 51.0. The van der Waals surface area contributed by atoms with Gasteiger partial charge < -0.3 is 4.42 Å². The molecular formula is C42H26O. The third-order valence-corrected chi connectivity index (χ3v) is 6.89. The van der Waals surface area contributed by atoms with E-state index in [1.807, 2.05) is 0 Å². The first-order valence-corrected chi connectivity index (χ1v) is 12.7. The van der Waals surface area contributed by atoms with Crippen LogP contribution in [0.1, 0.15) is 35.6 Å². The molecule has 0 atom stereocenters. The summed E-state index contributed by atoms with van der Waals surface area (Å²) in [5.74, 6) is 0. The molecule has 1 nitrogen and oxygen atoms in total. The van der Waals surface area contributed by atoms with Gasteiger partial charge in [0.1, 0.15) is 11.2 Å². The maximum absolute atomic E-state index is 9.52. The molecule has 0 amide bonds. The Balaban J connectivity index is 1.37. The van der Waals surface area contributed by atoms with Gasteiger partial charge in [0.05, 0.1) is 35.6 Å². The molecule has 0 fully saturated rings. The highest BCUT2D eigenvalue weighted by atomic mass is 16.3. The summed E-state index contributed by atoms with van der Waals surface area (Å²) < 4.78 is 235. The molecule has 1 aromatic heterocycles. The molecule has 1 heterocycles. The lowest BCUT2D eigenvalue weighted by Gasteiger charge is -2.12. The van der Waals surface area contributed by atoms with Crippen LogP contribution < -0.4 is 0 Å². The zero-order valence-electron chi connectivity index (χ0n) is 47.4. The predicted molar refractivity (Wildman–Crippen MR) is 183 cm³/mol. The average molecular weight is 573 g/mol. The van der Waals surface area contributed by atoms with E-state index < -0.39 is 239 Å². The van der Waals surface area contributed by atoms with Crippen LogP contribution in [0.2, 0.25) is 0 Å². The minimum Gasteiger partial charge on any atom is -0.456 e. The largest absolute Gasteiger partial charge is 0.456 e. The van der Waals surface area contributed by atoms with Crippen molar-refractivity contribution in [3.8, 4) is 33.4 Å². The first-order chi connectivity index (χ1) is 32.2. The molecule has 1 heteroatoms. The normalized spacial score (nSPS) is 20.2. The number of hydrogen-bond acceptors (Lipinski definition) is 1. The summed E-state index contributed by atoms with van der Waals surface area (Å²) >= 11 is 0. The van der Waals surface area contributed by atoms with Gasteiger partial charge in [-0.3, -0.25) is 0 Å². The summed E-state index contributed by atoms with van der Waals surface area (Å²) in [4.78, 5) is 0. The van der Waals surface area contributed by atoms with E-state index in [4.69, 9.17) is 34.6 Å². The van der Waals surface area contributed by atoms with Crippen LogP contribution >= 0.6 is 0 Å².